The van der Waals surface area contributed by atoms with Gasteiger partial charge in [-0.3, -0.25) is 9.59 Å². The van der Waals surface area contributed by atoms with Crippen LogP contribution in [0.5, 0.6) is 17.2 Å². The number of imide groups is 1. The molecule has 2 N–H and O–H groups in total. The van der Waals surface area contributed by atoms with Gasteiger partial charge in [0.05, 0.1) is 27.2 Å². The lowest BCUT2D eigenvalue weighted by Gasteiger charge is -2.16. The maximum absolute atomic E-state index is 12.7. The number of allylic oxidation sites excluding steroid dienone is 1. The summed E-state index contributed by atoms with van der Waals surface area (Å²) in [7, 11) is 4.63. The molecule has 0 radical (unpaired) electrons. The zero-order valence-corrected chi connectivity index (χ0v) is 17.7. The predicted molar refractivity (Wildman–Crippen MR) is 113 cm³/mol. The maximum Gasteiger partial charge on any atom is 0.263 e. The van der Waals surface area contributed by atoms with Crippen molar-refractivity contribution in [3.05, 3.63) is 41.1 Å². The highest BCUT2D eigenvalue weighted by atomic mass is 16.5. The quantitative estimate of drug-likeness (QED) is 0.702. The van der Waals surface area contributed by atoms with E-state index in [0.29, 0.717) is 41.2 Å². The van der Waals surface area contributed by atoms with Crippen LogP contribution >= 0.6 is 0 Å². The number of nitrogen functional groups attached to an aromatic ring is 1. The van der Waals surface area contributed by atoms with Gasteiger partial charge in [-0.05, 0) is 37.0 Å². The van der Waals surface area contributed by atoms with E-state index in [1.165, 1.54) is 13.3 Å². The molecule has 9 nitrogen and oxygen atoms in total. The molecule has 4 rings (SSSR count). The van der Waals surface area contributed by atoms with Crippen molar-refractivity contribution >= 4 is 23.6 Å². The molecule has 1 saturated heterocycles. The van der Waals surface area contributed by atoms with Crippen LogP contribution < -0.4 is 24.8 Å². The van der Waals surface area contributed by atoms with Crippen LogP contribution in [-0.2, 0) is 16.0 Å². The fraction of sp³-hybridized carbons (Fsp3) is 0.364. The second-order valence-corrected chi connectivity index (χ2v) is 7.41. The zero-order chi connectivity index (χ0) is 22.1. The number of hydrogen-bond acceptors (Lipinski definition) is 8. The number of nitrogens with zero attached hydrogens (tertiary/aromatic N) is 3. The topological polar surface area (TPSA) is 117 Å². The molecule has 1 aromatic carbocycles. The number of methoxy groups -OCH3 is 3. The summed E-state index contributed by atoms with van der Waals surface area (Å²) in [4.78, 5) is 35.0. The van der Waals surface area contributed by atoms with Gasteiger partial charge < -0.3 is 19.9 Å². The summed E-state index contributed by atoms with van der Waals surface area (Å²) in [6.07, 6.45) is 6.14. The second kappa shape index (κ2) is 8.25. The molecule has 1 aromatic heterocycles. The number of fused-ring (bicyclic) bond motifs is 1. The standard InChI is InChI=1S/C22H24N4O5/c1-29-16-9-12(10-17(30-2)18(16)31-3)8-13-11-24-22(25-19(13)23)26-20(27)14-6-4-5-7-15(14)21(26)28/h6,9-11,15H,4-5,7-8H2,1-3H3,(H2,23,24,25). The lowest BCUT2D eigenvalue weighted by atomic mass is 9.90. The van der Waals surface area contributed by atoms with Crippen molar-refractivity contribution in [2.24, 2.45) is 5.92 Å². The van der Waals surface area contributed by atoms with Crippen LogP contribution in [0.15, 0.2) is 30.0 Å². The Bertz CT molecular complexity index is 1060. The molecule has 2 aromatic rings. The van der Waals surface area contributed by atoms with Crippen molar-refractivity contribution in [2.75, 3.05) is 32.0 Å². The maximum atomic E-state index is 12.7. The minimum atomic E-state index is -0.398. The SMILES string of the molecule is COc1cc(Cc2cnc(N3C(=O)C4=CCCCC4C3=O)nc2N)cc(OC)c1OC. The molecule has 162 valence electrons. The monoisotopic (exact) mass is 424 g/mol. The molecule has 0 bridgehead atoms. The minimum Gasteiger partial charge on any atom is -0.493 e. The molecule has 9 heteroatoms. The van der Waals surface area contributed by atoms with Gasteiger partial charge in [-0.25, -0.2) is 9.88 Å². The first-order valence-corrected chi connectivity index (χ1v) is 9.97. The first-order chi connectivity index (χ1) is 15.0. The van der Waals surface area contributed by atoms with Crippen LogP contribution in [-0.4, -0.2) is 43.1 Å². The van der Waals surface area contributed by atoms with Crippen molar-refractivity contribution in [3.8, 4) is 17.2 Å². The number of hydrogen-bond donors (Lipinski definition) is 1. The van der Waals surface area contributed by atoms with E-state index in [1.54, 1.807) is 14.2 Å². The zero-order valence-electron chi connectivity index (χ0n) is 17.7. The molecule has 2 amide bonds. The third kappa shape index (κ3) is 3.56. The second-order valence-electron chi connectivity index (χ2n) is 7.41. The molecule has 1 atom stereocenters. The number of anilines is 2. The summed E-state index contributed by atoms with van der Waals surface area (Å²) in [6, 6.07) is 3.64. The Morgan fingerprint density at radius 2 is 1.84 bits per heavy atom. The Labute approximate surface area is 179 Å². The number of carbonyl (C=O) groups excluding carboxylic acids is 2. The highest BCUT2D eigenvalue weighted by Crippen LogP contribution is 2.39. The van der Waals surface area contributed by atoms with E-state index in [4.69, 9.17) is 19.9 Å². The van der Waals surface area contributed by atoms with Crippen LogP contribution in [0.4, 0.5) is 11.8 Å². The van der Waals surface area contributed by atoms with E-state index < -0.39 is 5.92 Å². The molecule has 1 aliphatic carbocycles. The number of aromatic nitrogens is 2. The summed E-state index contributed by atoms with van der Waals surface area (Å²) in [5.41, 5.74) is 8.21. The molecule has 0 spiro atoms. The molecule has 1 unspecified atom stereocenters. The Balaban J connectivity index is 1.62. The Kier molecular flexibility index (Phi) is 5.50. The van der Waals surface area contributed by atoms with Crippen molar-refractivity contribution in [1.82, 2.24) is 9.97 Å². The lowest BCUT2D eigenvalue weighted by Crippen LogP contribution is -2.32. The smallest absolute Gasteiger partial charge is 0.263 e. The fourth-order valence-corrected chi connectivity index (χ4v) is 4.06. The van der Waals surface area contributed by atoms with Crippen LogP contribution in [0.1, 0.15) is 30.4 Å². The average molecular weight is 424 g/mol. The Morgan fingerprint density at radius 1 is 1.13 bits per heavy atom. The highest BCUT2D eigenvalue weighted by molar-refractivity contribution is 6.28. The largest absolute Gasteiger partial charge is 0.493 e. The Hall–Kier alpha value is -3.62. The van der Waals surface area contributed by atoms with Crippen LogP contribution in [0.2, 0.25) is 0 Å². The summed E-state index contributed by atoms with van der Waals surface area (Å²) in [5.74, 6) is 0.716. The van der Waals surface area contributed by atoms with E-state index in [1.807, 2.05) is 18.2 Å². The molecular weight excluding hydrogens is 400 g/mol. The number of amides is 2. The predicted octanol–water partition coefficient (Wildman–Crippen LogP) is 2.28. The summed E-state index contributed by atoms with van der Waals surface area (Å²) in [5, 5.41) is 0. The van der Waals surface area contributed by atoms with Gasteiger partial charge in [-0.15, -0.1) is 0 Å². The van der Waals surface area contributed by atoms with Gasteiger partial charge in [-0.1, -0.05) is 6.08 Å². The van der Waals surface area contributed by atoms with Gasteiger partial charge in [0, 0.05) is 23.8 Å². The van der Waals surface area contributed by atoms with Crippen molar-refractivity contribution in [3.63, 3.8) is 0 Å². The van der Waals surface area contributed by atoms with Crippen LogP contribution in [0, 0.1) is 5.92 Å². The van der Waals surface area contributed by atoms with Gasteiger partial charge in [0.15, 0.2) is 11.5 Å². The molecule has 2 heterocycles. The van der Waals surface area contributed by atoms with Gasteiger partial charge in [0.25, 0.3) is 5.91 Å². The average Bonchev–Trinajstić information content (AvgIpc) is 3.04. The van der Waals surface area contributed by atoms with Gasteiger partial charge in [0.1, 0.15) is 5.82 Å². The summed E-state index contributed by atoms with van der Waals surface area (Å²) < 4.78 is 16.1. The fourth-order valence-electron chi connectivity index (χ4n) is 4.06. The van der Waals surface area contributed by atoms with E-state index in [0.717, 1.165) is 23.3 Å². The van der Waals surface area contributed by atoms with Crippen molar-refractivity contribution in [2.45, 2.75) is 25.7 Å². The third-order valence-corrected chi connectivity index (χ3v) is 5.61. The van der Waals surface area contributed by atoms with Crippen molar-refractivity contribution < 1.29 is 23.8 Å². The molecule has 0 saturated carbocycles. The molecule has 2 aliphatic rings. The lowest BCUT2D eigenvalue weighted by molar-refractivity contribution is -0.122. The van der Waals surface area contributed by atoms with E-state index >= 15 is 0 Å². The van der Waals surface area contributed by atoms with Gasteiger partial charge >= 0.3 is 0 Å². The molecule has 1 aliphatic heterocycles. The first kappa shape index (κ1) is 20.6. The summed E-state index contributed by atoms with van der Waals surface area (Å²) in [6.45, 7) is 0. The van der Waals surface area contributed by atoms with E-state index in [-0.39, 0.29) is 23.6 Å². The highest BCUT2D eigenvalue weighted by Gasteiger charge is 2.45. The molecule has 1 fully saturated rings. The summed E-state index contributed by atoms with van der Waals surface area (Å²) >= 11 is 0. The van der Waals surface area contributed by atoms with Crippen LogP contribution in [0.25, 0.3) is 0 Å². The van der Waals surface area contributed by atoms with Gasteiger partial charge in [0.2, 0.25) is 17.6 Å². The first-order valence-electron chi connectivity index (χ1n) is 9.97. The molecular formula is C22H24N4O5. The Morgan fingerprint density at radius 3 is 2.42 bits per heavy atom. The number of benzene rings is 1. The number of carbonyl (C=O) groups is 2. The number of nitrogens with two attached hydrogens (primary N) is 1. The normalized spacial score (nSPS) is 18.0. The van der Waals surface area contributed by atoms with Gasteiger partial charge in [-0.2, -0.15) is 4.98 Å². The number of rotatable bonds is 6. The third-order valence-electron chi connectivity index (χ3n) is 5.61. The van der Waals surface area contributed by atoms with Crippen LogP contribution in [0.3, 0.4) is 0 Å². The minimum absolute atomic E-state index is 0.0106. The van der Waals surface area contributed by atoms with E-state index in [9.17, 15) is 9.59 Å². The molecule has 31 heavy (non-hydrogen) atoms. The van der Waals surface area contributed by atoms with E-state index in [2.05, 4.69) is 9.97 Å². The number of ether oxygens (including phenoxy) is 3. The van der Waals surface area contributed by atoms with Crippen molar-refractivity contribution in [1.29, 1.82) is 0 Å².